The molecular weight excluding hydrogens is 358 g/mol. The van der Waals surface area contributed by atoms with Gasteiger partial charge in [0, 0.05) is 17.3 Å². The van der Waals surface area contributed by atoms with Crippen LogP contribution in [-0.2, 0) is 5.60 Å². The summed E-state index contributed by atoms with van der Waals surface area (Å²) in [6.45, 7) is 0.530. The number of hydrazine groups is 1. The van der Waals surface area contributed by atoms with Crippen LogP contribution in [0.25, 0.3) is 0 Å². The number of para-hydroxylation sites is 1. The molecule has 0 radical (unpaired) electrons. The zero-order chi connectivity index (χ0) is 17.5. The van der Waals surface area contributed by atoms with Gasteiger partial charge >= 0.3 is 0 Å². The van der Waals surface area contributed by atoms with Crippen molar-refractivity contribution in [3.63, 3.8) is 0 Å². The molecule has 1 aromatic carbocycles. The monoisotopic (exact) mass is 371 g/mol. The first-order chi connectivity index (χ1) is 12.6. The molecule has 1 saturated carbocycles. The molecule has 26 heavy (non-hydrogen) atoms. The van der Waals surface area contributed by atoms with Gasteiger partial charge in [-0.2, -0.15) is 4.98 Å². The summed E-state index contributed by atoms with van der Waals surface area (Å²) in [4.78, 5) is 11.1. The molecule has 1 aromatic heterocycles. The van der Waals surface area contributed by atoms with E-state index in [-0.39, 0.29) is 12.1 Å². The lowest BCUT2D eigenvalue weighted by molar-refractivity contribution is 0.108. The van der Waals surface area contributed by atoms with Crippen LogP contribution in [0.4, 0.5) is 11.6 Å². The number of hydrogen-bond donors (Lipinski definition) is 1. The fourth-order valence-corrected chi connectivity index (χ4v) is 3.76. The highest BCUT2D eigenvalue weighted by Crippen LogP contribution is 2.48. The summed E-state index contributed by atoms with van der Waals surface area (Å²) in [6, 6.07) is 8.11. The molecule has 1 fully saturated rings. The lowest BCUT2D eigenvalue weighted by atomic mass is 10.1. The number of aliphatic imine (C=N–C) groups is 1. The molecular formula is C16H14ClN7O2. The third-order valence-electron chi connectivity index (χ3n) is 5.07. The highest BCUT2D eigenvalue weighted by Gasteiger charge is 2.49. The zero-order valence-corrected chi connectivity index (χ0v) is 14.3. The van der Waals surface area contributed by atoms with Crippen LogP contribution < -0.4 is 9.91 Å². The topological polar surface area (TPSA) is 84.5 Å². The van der Waals surface area contributed by atoms with Crippen LogP contribution >= 0.6 is 11.8 Å². The molecule has 2 aromatic rings. The molecule has 9 nitrogen and oxygen atoms in total. The molecule has 4 aliphatic rings. The molecule has 0 spiro atoms. The van der Waals surface area contributed by atoms with Crippen LogP contribution in [0.3, 0.4) is 0 Å². The molecule has 0 amide bonds. The number of fused-ring (bicyclic) bond motifs is 6. The third kappa shape index (κ3) is 1.81. The van der Waals surface area contributed by atoms with E-state index in [1.165, 1.54) is 0 Å². The van der Waals surface area contributed by atoms with Crippen molar-refractivity contribution in [1.82, 2.24) is 19.6 Å². The van der Waals surface area contributed by atoms with Gasteiger partial charge in [0.1, 0.15) is 24.4 Å². The Morgan fingerprint density at radius 2 is 2.12 bits per heavy atom. The van der Waals surface area contributed by atoms with E-state index in [0.717, 1.165) is 17.1 Å². The molecule has 1 aliphatic carbocycles. The number of aliphatic hydroxyl groups is 1. The van der Waals surface area contributed by atoms with Crippen LogP contribution in [0.1, 0.15) is 30.5 Å². The Kier molecular flexibility index (Phi) is 2.59. The lowest BCUT2D eigenvalue weighted by Crippen LogP contribution is -2.47. The molecule has 0 bridgehead atoms. The van der Waals surface area contributed by atoms with Gasteiger partial charge < -0.3 is 14.5 Å². The summed E-state index contributed by atoms with van der Waals surface area (Å²) < 4.78 is 6.87. The SMILES string of the molecule is OC1(c2nc(N3C=NC4c5ccccc5N5CN(Cl)C=C5N43)no2)CC1. The summed E-state index contributed by atoms with van der Waals surface area (Å²) in [5.41, 5.74) is 1.17. The van der Waals surface area contributed by atoms with Gasteiger partial charge in [-0.3, -0.25) is 4.42 Å². The van der Waals surface area contributed by atoms with E-state index in [1.54, 1.807) is 15.8 Å². The van der Waals surface area contributed by atoms with E-state index < -0.39 is 5.60 Å². The maximum absolute atomic E-state index is 10.2. The van der Waals surface area contributed by atoms with Crippen molar-refractivity contribution in [3.05, 3.63) is 47.7 Å². The van der Waals surface area contributed by atoms with Crippen molar-refractivity contribution >= 4 is 29.8 Å². The molecule has 1 unspecified atom stereocenters. The van der Waals surface area contributed by atoms with E-state index in [9.17, 15) is 5.11 Å². The highest BCUT2D eigenvalue weighted by atomic mass is 35.5. The fourth-order valence-electron chi connectivity index (χ4n) is 3.57. The average molecular weight is 372 g/mol. The van der Waals surface area contributed by atoms with E-state index in [0.29, 0.717) is 25.5 Å². The van der Waals surface area contributed by atoms with Crippen LogP contribution in [0.15, 0.2) is 45.8 Å². The number of rotatable bonds is 2. The molecule has 1 N–H and O–H groups in total. The van der Waals surface area contributed by atoms with Crippen LogP contribution in [0.5, 0.6) is 0 Å². The lowest BCUT2D eigenvalue weighted by Gasteiger charge is -2.41. The van der Waals surface area contributed by atoms with Gasteiger partial charge in [0.25, 0.3) is 11.8 Å². The van der Waals surface area contributed by atoms with Gasteiger partial charge in [-0.25, -0.2) is 15.0 Å². The van der Waals surface area contributed by atoms with E-state index in [4.69, 9.17) is 16.3 Å². The minimum Gasteiger partial charge on any atom is -0.380 e. The summed E-state index contributed by atoms with van der Waals surface area (Å²) >= 11 is 6.26. The van der Waals surface area contributed by atoms with Crippen molar-refractivity contribution in [1.29, 1.82) is 0 Å². The average Bonchev–Trinajstić information content (AvgIpc) is 3.05. The Bertz CT molecular complexity index is 969. The number of anilines is 2. The van der Waals surface area contributed by atoms with E-state index in [2.05, 4.69) is 32.2 Å². The predicted molar refractivity (Wildman–Crippen MR) is 92.5 cm³/mol. The molecule has 6 rings (SSSR count). The minimum absolute atomic E-state index is 0.233. The Labute approximate surface area is 153 Å². The number of halogens is 1. The first kappa shape index (κ1) is 14.4. The predicted octanol–water partition coefficient (Wildman–Crippen LogP) is 1.86. The van der Waals surface area contributed by atoms with Crippen LogP contribution in [-0.4, -0.2) is 37.7 Å². The van der Waals surface area contributed by atoms with Gasteiger partial charge in [-0.1, -0.05) is 18.2 Å². The largest absolute Gasteiger partial charge is 0.380 e. The fraction of sp³-hybridized carbons (Fsp3) is 0.312. The van der Waals surface area contributed by atoms with Crippen molar-refractivity contribution < 1.29 is 9.63 Å². The summed E-state index contributed by atoms with van der Waals surface area (Å²) in [6.07, 6.45) is 4.57. The Hall–Kier alpha value is -2.78. The number of nitrogens with zero attached hydrogens (tertiary/aromatic N) is 7. The standard InChI is InChI=1S/C16H14ClN7O2/c17-21-7-12-22(9-21)11-4-2-1-3-10(11)13-18-8-23(24(12)13)15-19-14(26-20-15)16(25)5-6-16/h1-4,7-8,13,25H,5-6,9H2. The second-order valence-electron chi connectivity index (χ2n) is 6.77. The third-order valence-corrected chi connectivity index (χ3v) is 5.28. The minimum atomic E-state index is -0.971. The van der Waals surface area contributed by atoms with Crippen LogP contribution in [0.2, 0.25) is 0 Å². The van der Waals surface area contributed by atoms with Gasteiger partial charge in [0.2, 0.25) is 0 Å². The Balaban J connectivity index is 1.44. The van der Waals surface area contributed by atoms with Gasteiger partial charge in [-0.15, -0.1) is 0 Å². The Morgan fingerprint density at radius 1 is 1.27 bits per heavy atom. The van der Waals surface area contributed by atoms with Gasteiger partial charge in [0.05, 0.1) is 11.9 Å². The highest BCUT2D eigenvalue weighted by molar-refractivity contribution is 6.14. The zero-order valence-electron chi connectivity index (χ0n) is 13.5. The van der Waals surface area contributed by atoms with E-state index >= 15 is 0 Å². The number of aromatic nitrogens is 2. The summed E-state index contributed by atoms with van der Waals surface area (Å²) in [5.74, 6) is 1.45. The van der Waals surface area contributed by atoms with Crippen LogP contribution in [0, 0.1) is 0 Å². The normalized spacial score (nSPS) is 24.5. The van der Waals surface area contributed by atoms with Crippen molar-refractivity contribution in [2.45, 2.75) is 24.6 Å². The van der Waals surface area contributed by atoms with Crippen molar-refractivity contribution in [3.8, 4) is 0 Å². The number of hydrogen-bond acceptors (Lipinski definition) is 9. The summed E-state index contributed by atoms with van der Waals surface area (Å²) in [7, 11) is 0. The molecule has 4 heterocycles. The molecule has 0 saturated heterocycles. The maximum Gasteiger partial charge on any atom is 0.290 e. The van der Waals surface area contributed by atoms with Crippen molar-refractivity contribution in [2.24, 2.45) is 4.99 Å². The second kappa shape index (κ2) is 4.68. The van der Waals surface area contributed by atoms with Gasteiger partial charge in [0.15, 0.2) is 6.17 Å². The second-order valence-corrected chi connectivity index (χ2v) is 7.21. The van der Waals surface area contributed by atoms with Gasteiger partial charge in [-0.05, 0) is 24.1 Å². The first-order valence-corrected chi connectivity index (χ1v) is 8.67. The molecule has 10 heteroatoms. The summed E-state index contributed by atoms with van der Waals surface area (Å²) in [5, 5.41) is 17.9. The van der Waals surface area contributed by atoms with E-state index in [1.807, 2.05) is 23.3 Å². The maximum atomic E-state index is 10.2. The molecule has 132 valence electrons. The molecule has 1 atom stereocenters. The number of benzene rings is 1. The quantitative estimate of drug-likeness (QED) is 0.801. The Morgan fingerprint density at radius 3 is 2.96 bits per heavy atom. The first-order valence-electron chi connectivity index (χ1n) is 8.33. The van der Waals surface area contributed by atoms with Crippen molar-refractivity contribution in [2.75, 3.05) is 16.6 Å². The smallest absolute Gasteiger partial charge is 0.290 e. The molecule has 3 aliphatic heterocycles.